The van der Waals surface area contributed by atoms with Crippen molar-refractivity contribution >= 4 is 41.7 Å². The van der Waals surface area contributed by atoms with E-state index in [9.17, 15) is 8.78 Å². The highest BCUT2D eigenvalue weighted by molar-refractivity contribution is 6.76. The fourth-order valence-electron chi connectivity index (χ4n) is 5.31. The van der Waals surface area contributed by atoms with Crippen LogP contribution in [0.1, 0.15) is 31.6 Å². The van der Waals surface area contributed by atoms with E-state index in [0.29, 0.717) is 40.0 Å². The second-order valence-electron chi connectivity index (χ2n) is 12.7. The lowest BCUT2D eigenvalue weighted by Crippen LogP contribution is -2.39. The van der Waals surface area contributed by atoms with Gasteiger partial charge in [0.05, 0.1) is 40.7 Å². The van der Waals surface area contributed by atoms with Gasteiger partial charge in [0.2, 0.25) is 5.92 Å². The zero-order valence-corrected chi connectivity index (χ0v) is 26.7. The van der Waals surface area contributed by atoms with Gasteiger partial charge in [-0.15, -0.1) is 0 Å². The van der Waals surface area contributed by atoms with E-state index in [2.05, 4.69) is 34.7 Å². The molecule has 1 atom stereocenters. The number of benzene rings is 2. The number of aromatic nitrogens is 6. The molecule has 0 N–H and O–H groups in total. The molecule has 0 aliphatic heterocycles. The van der Waals surface area contributed by atoms with Gasteiger partial charge in [0.1, 0.15) is 34.6 Å². The average Bonchev–Trinajstić information content (AvgIpc) is 3.55. The smallest absolute Gasteiger partial charge is 0.248 e. The Kier molecular flexibility index (Phi) is 7.76. The van der Waals surface area contributed by atoms with Gasteiger partial charge in [0.15, 0.2) is 0 Å². The molecule has 1 fully saturated rings. The van der Waals surface area contributed by atoms with Crippen LogP contribution in [-0.2, 0) is 11.5 Å². The Hall–Kier alpha value is -3.41. The minimum Gasteiger partial charge on any atom is -0.456 e. The van der Waals surface area contributed by atoms with Crippen molar-refractivity contribution in [2.45, 2.75) is 71.1 Å². The van der Waals surface area contributed by atoms with E-state index >= 15 is 0 Å². The molecule has 2 aromatic carbocycles. The lowest BCUT2D eigenvalue weighted by molar-refractivity contribution is -0.122. The molecule has 1 saturated carbocycles. The molecule has 3 aromatic heterocycles. The van der Waals surface area contributed by atoms with Gasteiger partial charge in [-0.25, -0.2) is 18.7 Å². The van der Waals surface area contributed by atoms with Crippen molar-refractivity contribution in [1.29, 1.82) is 0 Å². The van der Waals surface area contributed by atoms with Gasteiger partial charge in [-0.1, -0.05) is 31.2 Å². The first-order valence-electron chi connectivity index (χ1n) is 14.5. The molecule has 226 valence electrons. The zero-order chi connectivity index (χ0) is 30.5. The largest absolute Gasteiger partial charge is 0.456 e. The van der Waals surface area contributed by atoms with Crippen LogP contribution >= 0.6 is 11.6 Å². The normalized spacial score (nSPS) is 16.1. The topological polar surface area (TPSA) is 79.9 Å². The average molecular weight is 625 g/mol. The van der Waals surface area contributed by atoms with E-state index in [1.807, 2.05) is 48.9 Å². The van der Waals surface area contributed by atoms with Crippen molar-refractivity contribution in [1.82, 2.24) is 29.3 Å². The molecule has 6 rings (SSSR count). The molecule has 0 spiro atoms. The highest BCUT2D eigenvalue weighted by atomic mass is 35.5. The summed E-state index contributed by atoms with van der Waals surface area (Å²) in [7, 11) is -1.18. The second-order valence-corrected chi connectivity index (χ2v) is 18.7. The van der Waals surface area contributed by atoms with Crippen molar-refractivity contribution in [2.75, 3.05) is 6.61 Å². The maximum absolute atomic E-state index is 13.4. The van der Waals surface area contributed by atoms with Gasteiger partial charge in [0.25, 0.3) is 0 Å². The van der Waals surface area contributed by atoms with Crippen LogP contribution in [0, 0.1) is 12.8 Å². The number of nitrogens with zero attached hydrogens (tertiary/aromatic N) is 6. The molecule has 0 radical (unpaired) electrons. The Morgan fingerprint density at radius 1 is 1.09 bits per heavy atom. The first kappa shape index (κ1) is 29.6. The van der Waals surface area contributed by atoms with E-state index in [0.717, 1.165) is 35.1 Å². The van der Waals surface area contributed by atoms with Crippen LogP contribution in [0.2, 0.25) is 30.7 Å². The predicted octanol–water partition coefficient (Wildman–Crippen LogP) is 8.52. The van der Waals surface area contributed by atoms with Crippen LogP contribution in [0.25, 0.3) is 33.3 Å². The molecule has 0 saturated heterocycles. The van der Waals surface area contributed by atoms with Crippen molar-refractivity contribution in [2.24, 2.45) is 5.92 Å². The third-order valence-corrected chi connectivity index (χ3v) is 10.2. The molecule has 1 aliphatic rings. The Morgan fingerprint density at radius 3 is 2.60 bits per heavy atom. The van der Waals surface area contributed by atoms with E-state index in [1.165, 1.54) is 0 Å². The fourth-order valence-corrected chi connectivity index (χ4v) is 6.31. The summed E-state index contributed by atoms with van der Waals surface area (Å²) in [6, 6.07) is 10.3. The summed E-state index contributed by atoms with van der Waals surface area (Å²) in [6.07, 6.45) is 4.93. The Labute approximate surface area is 255 Å². The molecular formula is C31H35ClF2N6O2Si. The quantitative estimate of drug-likeness (QED) is 0.114. The van der Waals surface area contributed by atoms with E-state index < -0.39 is 14.0 Å². The summed E-state index contributed by atoms with van der Waals surface area (Å²) in [4.78, 5) is 14.0. The maximum atomic E-state index is 13.4. The predicted molar refractivity (Wildman–Crippen MR) is 167 cm³/mol. The van der Waals surface area contributed by atoms with Crippen LogP contribution in [0.3, 0.4) is 0 Å². The van der Waals surface area contributed by atoms with Crippen molar-refractivity contribution in [3.05, 3.63) is 59.8 Å². The zero-order valence-electron chi connectivity index (χ0n) is 24.9. The molecule has 0 amide bonds. The standard InChI is InChI=1S/C31H35ClF2N6O2Si/c1-19(21-13-31(33,34)14-21)40-17-22(15-36-40)26-16-35-25-8-9-28(29(32)30(25)38-26)42-23-6-7-24-27(12-23)39(20(2)37-24)18-41-10-11-43(3,4)5/h6-9,12,15-17,19,21H,10-11,13-14,18H2,1-5H3. The summed E-state index contributed by atoms with van der Waals surface area (Å²) in [6.45, 7) is 12.0. The van der Waals surface area contributed by atoms with Crippen LogP contribution in [0.4, 0.5) is 8.78 Å². The molecule has 8 nitrogen and oxygen atoms in total. The summed E-state index contributed by atoms with van der Waals surface area (Å²) in [5.41, 5.74) is 4.21. The number of hydrogen-bond donors (Lipinski definition) is 0. The first-order chi connectivity index (χ1) is 20.4. The van der Waals surface area contributed by atoms with Gasteiger partial charge >= 0.3 is 0 Å². The molecule has 5 aromatic rings. The highest BCUT2D eigenvalue weighted by Crippen LogP contribution is 2.47. The van der Waals surface area contributed by atoms with Gasteiger partial charge in [-0.05, 0) is 50.1 Å². The minimum atomic E-state index is -2.57. The maximum Gasteiger partial charge on any atom is 0.248 e. The third-order valence-electron chi connectivity index (χ3n) is 8.09. The van der Waals surface area contributed by atoms with Crippen molar-refractivity contribution < 1.29 is 18.3 Å². The fraction of sp³-hybridized carbons (Fsp3) is 0.419. The summed E-state index contributed by atoms with van der Waals surface area (Å²) < 4.78 is 42.8. The van der Waals surface area contributed by atoms with Gasteiger partial charge in [-0.3, -0.25) is 9.67 Å². The molecule has 43 heavy (non-hydrogen) atoms. The van der Waals surface area contributed by atoms with Gasteiger partial charge < -0.3 is 14.0 Å². The van der Waals surface area contributed by atoms with Crippen LogP contribution in [0.5, 0.6) is 11.5 Å². The highest BCUT2D eigenvalue weighted by Gasteiger charge is 2.48. The number of alkyl halides is 2. The van der Waals surface area contributed by atoms with Crippen LogP contribution in [-0.4, -0.2) is 49.9 Å². The molecular weight excluding hydrogens is 590 g/mol. The minimum absolute atomic E-state index is 0.108. The lowest BCUT2D eigenvalue weighted by atomic mass is 9.77. The Balaban J connectivity index is 1.22. The number of fused-ring (bicyclic) bond motifs is 2. The van der Waals surface area contributed by atoms with Gasteiger partial charge in [0, 0.05) is 45.3 Å². The molecule has 3 heterocycles. The first-order valence-corrected chi connectivity index (χ1v) is 18.6. The number of hydrogen-bond acceptors (Lipinski definition) is 6. The number of aryl methyl sites for hydroxylation is 1. The molecule has 1 unspecified atom stereocenters. The summed E-state index contributed by atoms with van der Waals surface area (Å²) >= 11 is 6.82. The third kappa shape index (κ3) is 6.29. The van der Waals surface area contributed by atoms with E-state index in [1.54, 1.807) is 23.1 Å². The Bertz CT molecular complexity index is 1790. The monoisotopic (exact) mass is 624 g/mol. The van der Waals surface area contributed by atoms with Crippen molar-refractivity contribution in [3.8, 4) is 22.8 Å². The van der Waals surface area contributed by atoms with E-state index in [-0.39, 0.29) is 24.8 Å². The SMILES string of the molecule is Cc1nc2ccc(Oc3ccc4ncc(-c5cnn(C(C)C6CC(F)(F)C6)c5)nc4c3Cl)cc2n1COCC[Si](C)(C)C. The van der Waals surface area contributed by atoms with Crippen LogP contribution in [0.15, 0.2) is 48.9 Å². The lowest BCUT2D eigenvalue weighted by Gasteiger charge is -2.38. The second kappa shape index (κ2) is 11.3. The number of halogens is 3. The van der Waals surface area contributed by atoms with Crippen molar-refractivity contribution in [3.63, 3.8) is 0 Å². The number of rotatable bonds is 10. The molecule has 1 aliphatic carbocycles. The van der Waals surface area contributed by atoms with Crippen LogP contribution < -0.4 is 4.74 Å². The van der Waals surface area contributed by atoms with Gasteiger partial charge in [-0.2, -0.15) is 5.10 Å². The number of imidazole rings is 1. The Morgan fingerprint density at radius 2 is 1.86 bits per heavy atom. The van der Waals surface area contributed by atoms with E-state index in [4.69, 9.17) is 26.1 Å². The number of ether oxygens (including phenoxy) is 2. The summed E-state index contributed by atoms with van der Waals surface area (Å²) in [5, 5.41) is 4.76. The summed E-state index contributed by atoms with van der Waals surface area (Å²) in [5.74, 6) is -0.746. The molecule has 12 heteroatoms. The molecule has 0 bridgehead atoms.